The highest BCUT2D eigenvalue weighted by Crippen LogP contribution is 2.38. The molecule has 1 saturated carbocycles. The Hall–Kier alpha value is -1.30. The summed E-state index contributed by atoms with van der Waals surface area (Å²) in [5, 5.41) is 12.2. The van der Waals surface area contributed by atoms with Crippen LogP contribution in [-0.2, 0) is 9.53 Å². The Morgan fingerprint density at radius 1 is 1.53 bits per heavy atom. The third-order valence-corrected chi connectivity index (χ3v) is 3.98. The molecule has 0 aromatic heterocycles. The lowest BCUT2D eigenvalue weighted by atomic mass is 9.85. The molecule has 0 spiro atoms. The number of methoxy groups -OCH3 is 1. The lowest BCUT2D eigenvalue weighted by Crippen LogP contribution is -2.51. The van der Waals surface area contributed by atoms with Crippen molar-refractivity contribution in [3.63, 3.8) is 0 Å². The third-order valence-electron chi connectivity index (χ3n) is 3.98. The zero-order valence-electron chi connectivity index (χ0n) is 11.9. The Kier molecular flexibility index (Phi) is 5.60. The number of nitrogens with zero attached hydrogens (tertiary/aromatic N) is 1. The van der Waals surface area contributed by atoms with Gasteiger partial charge in [0.15, 0.2) is 0 Å². The zero-order valence-corrected chi connectivity index (χ0v) is 11.9. The summed E-state index contributed by atoms with van der Waals surface area (Å²) in [5.74, 6) is -0.838. The van der Waals surface area contributed by atoms with E-state index in [0.717, 1.165) is 12.8 Å². The summed E-state index contributed by atoms with van der Waals surface area (Å²) >= 11 is 0. The first-order chi connectivity index (χ1) is 8.95. The van der Waals surface area contributed by atoms with Crippen LogP contribution >= 0.6 is 0 Å². The summed E-state index contributed by atoms with van der Waals surface area (Å²) in [5.41, 5.74) is -0.851. The molecular weight excluding hydrogens is 248 g/mol. The lowest BCUT2D eigenvalue weighted by molar-refractivity contribution is -0.148. The van der Waals surface area contributed by atoms with Crippen molar-refractivity contribution < 1.29 is 19.4 Å². The van der Waals surface area contributed by atoms with Crippen molar-refractivity contribution in [1.82, 2.24) is 10.2 Å². The molecule has 2 amide bonds. The van der Waals surface area contributed by atoms with Crippen LogP contribution < -0.4 is 5.32 Å². The predicted octanol–water partition coefficient (Wildman–Crippen LogP) is 1.31. The molecule has 1 aliphatic rings. The number of rotatable bonds is 6. The molecule has 0 bridgehead atoms. The maximum absolute atomic E-state index is 12.1. The standard InChI is InChI=1S/C13H24N2O4/c1-4-15(8-9-19-3)12(18)14-10-6-5-7-13(10,2)11(16)17/h10H,4-9H2,1-3H3,(H,14,18)(H,16,17). The van der Waals surface area contributed by atoms with Crippen LogP contribution in [0.3, 0.4) is 0 Å². The number of ether oxygens (including phenoxy) is 1. The third kappa shape index (κ3) is 3.59. The van der Waals surface area contributed by atoms with Gasteiger partial charge >= 0.3 is 12.0 Å². The zero-order chi connectivity index (χ0) is 14.5. The van der Waals surface area contributed by atoms with Gasteiger partial charge in [-0.05, 0) is 26.7 Å². The summed E-state index contributed by atoms with van der Waals surface area (Å²) in [6.45, 7) is 5.15. The Bertz CT molecular complexity index is 335. The highest BCUT2D eigenvalue weighted by molar-refractivity contribution is 5.79. The molecule has 1 rings (SSSR count). The van der Waals surface area contributed by atoms with Crippen LogP contribution in [0.15, 0.2) is 0 Å². The van der Waals surface area contributed by atoms with Crippen LogP contribution in [-0.4, -0.2) is 54.9 Å². The van der Waals surface area contributed by atoms with Crippen LogP contribution in [0.4, 0.5) is 4.79 Å². The minimum Gasteiger partial charge on any atom is -0.481 e. The minimum atomic E-state index is -0.851. The van der Waals surface area contributed by atoms with Crippen molar-refractivity contribution in [1.29, 1.82) is 0 Å². The normalized spacial score (nSPS) is 26.2. The van der Waals surface area contributed by atoms with E-state index in [4.69, 9.17) is 4.74 Å². The van der Waals surface area contributed by atoms with Crippen LogP contribution in [0.1, 0.15) is 33.1 Å². The first kappa shape index (κ1) is 15.8. The Morgan fingerprint density at radius 3 is 2.74 bits per heavy atom. The van der Waals surface area contributed by atoms with Gasteiger partial charge in [0.25, 0.3) is 0 Å². The molecule has 110 valence electrons. The number of urea groups is 1. The second-order valence-electron chi connectivity index (χ2n) is 5.19. The van der Waals surface area contributed by atoms with E-state index < -0.39 is 11.4 Å². The first-order valence-corrected chi connectivity index (χ1v) is 6.73. The summed E-state index contributed by atoms with van der Waals surface area (Å²) in [6, 6.07) is -0.506. The molecule has 2 atom stereocenters. The average Bonchev–Trinajstić information content (AvgIpc) is 2.73. The minimum absolute atomic E-state index is 0.209. The molecule has 6 heteroatoms. The smallest absolute Gasteiger partial charge is 0.317 e. The van der Waals surface area contributed by atoms with Gasteiger partial charge in [-0.3, -0.25) is 4.79 Å². The van der Waals surface area contributed by atoms with E-state index in [-0.39, 0.29) is 12.1 Å². The second kappa shape index (κ2) is 6.75. The number of amides is 2. The molecule has 0 saturated heterocycles. The molecular formula is C13H24N2O4. The van der Waals surface area contributed by atoms with Crippen molar-refractivity contribution in [3.8, 4) is 0 Å². The van der Waals surface area contributed by atoms with Gasteiger partial charge in [0.2, 0.25) is 0 Å². The van der Waals surface area contributed by atoms with E-state index in [1.165, 1.54) is 0 Å². The number of likely N-dealkylation sites (N-methyl/N-ethyl adjacent to an activating group) is 1. The van der Waals surface area contributed by atoms with E-state index in [1.54, 1.807) is 18.9 Å². The quantitative estimate of drug-likeness (QED) is 0.764. The average molecular weight is 272 g/mol. The van der Waals surface area contributed by atoms with Gasteiger partial charge in [-0.1, -0.05) is 6.42 Å². The number of hydrogen-bond donors (Lipinski definition) is 2. The maximum Gasteiger partial charge on any atom is 0.317 e. The number of nitrogens with one attached hydrogen (secondary N) is 1. The van der Waals surface area contributed by atoms with Crippen molar-refractivity contribution in [2.24, 2.45) is 5.41 Å². The van der Waals surface area contributed by atoms with Gasteiger partial charge in [-0.15, -0.1) is 0 Å². The fraction of sp³-hybridized carbons (Fsp3) is 0.846. The molecule has 2 N–H and O–H groups in total. The Labute approximate surface area is 114 Å². The fourth-order valence-corrected chi connectivity index (χ4v) is 2.50. The van der Waals surface area contributed by atoms with E-state index in [1.807, 2.05) is 6.92 Å². The first-order valence-electron chi connectivity index (χ1n) is 6.73. The van der Waals surface area contributed by atoms with Crippen LogP contribution in [0, 0.1) is 5.41 Å². The van der Waals surface area contributed by atoms with Gasteiger partial charge in [0.1, 0.15) is 0 Å². The molecule has 0 aromatic carbocycles. The SMILES string of the molecule is CCN(CCOC)C(=O)NC1CCCC1(C)C(=O)O. The maximum atomic E-state index is 12.1. The molecule has 0 heterocycles. The number of hydrogen-bond acceptors (Lipinski definition) is 3. The molecule has 2 unspecified atom stereocenters. The summed E-state index contributed by atoms with van der Waals surface area (Å²) in [4.78, 5) is 25.1. The number of carbonyl (C=O) groups is 2. The van der Waals surface area contributed by atoms with Crippen LogP contribution in [0.25, 0.3) is 0 Å². The number of carboxylic acid groups (broad SMARTS) is 1. The summed E-state index contributed by atoms with van der Waals surface area (Å²) in [7, 11) is 1.59. The van der Waals surface area contributed by atoms with E-state index in [0.29, 0.717) is 26.1 Å². The number of carbonyl (C=O) groups excluding carboxylic acids is 1. The van der Waals surface area contributed by atoms with Crippen molar-refractivity contribution >= 4 is 12.0 Å². The summed E-state index contributed by atoms with van der Waals surface area (Å²) < 4.78 is 4.96. The van der Waals surface area contributed by atoms with Gasteiger partial charge in [-0.25, -0.2) is 4.79 Å². The lowest BCUT2D eigenvalue weighted by Gasteiger charge is -2.30. The predicted molar refractivity (Wildman–Crippen MR) is 71.0 cm³/mol. The highest BCUT2D eigenvalue weighted by atomic mass is 16.5. The van der Waals surface area contributed by atoms with Gasteiger partial charge < -0.3 is 20.1 Å². The molecule has 0 aliphatic heterocycles. The molecule has 19 heavy (non-hydrogen) atoms. The van der Waals surface area contributed by atoms with Crippen molar-refractivity contribution in [3.05, 3.63) is 0 Å². The topological polar surface area (TPSA) is 78.9 Å². The van der Waals surface area contributed by atoms with Crippen LogP contribution in [0.2, 0.25) is 0 Å². The van der Waals surface area contributed by atoms with Gasteiger partial charge in [0.05, 0.1) is 12.0 Å². The molecule has 6 nitrogen and oxygen atoms in total. The Morgan fingerprint density at radius 2 is 2.21 bits per heavy atom. The highest BCUT2D eigenvalue weighted by Gasteiger charge is 2.46. The number of carboxylic acids is 1. The van der Waals surface area contributed by atoms with Crippen LogP contribution in [0.5, 0.6) is 0 Å². The van der Waals surface area contributed by atoms with Crippen molar-refractivity contribution in [2.45, 2.75) is 39.2 Å². The number of aliphatic carboxylic acids is 1. The second-order valence-corrected chi connectivity index (χ2v) is 5.19. The largest absolute Gasteiger partial charge is 0.481 e. The molecule has 0 radical (unpaired) electrons. The van der Waals surface area contributed by atoms with Gasteiger partial charge in [-0.2, -0.15) is 0 Å². The van der Waals surface area contributed by atoms with E-state index in [2.05, 4.69) is 5.32 Å². The summed E-state index contributed by atoms with van der Waals surface area (Å²) in [6.07, 6.45) is 2.16. The monoisotopic (exact) mass is 272 g/mol. The molecule has 1 fully saturated rings. The van der Waals surface area contributed by atoms with E-state index >= 15 is 0 Å². The molecule has 0 aromatic rings. The Balaban J connectivity index is 2.62. The fourth-order valence-electron chi connectivity index (χ4n) is 2.50. The van der Waals surface area contributed by atoms with Crippen molar-refractivity contribution in [2.75, 3.05) is 26.8 Å². The van der Waals surface area contributed by atoms with E-state index in [9.17, 15) is 14.7 Å². The molecule has 1 aliphatic carbocycles. The van der Waals surface area contributed by atoms with Gasteiger partial charge in [0, 0.05) is 26.2 Å².